The number of aryl methyl sites for hydroxylation is 1. The maximum absolute atomic E-state index is 10.0. The minimum Gasteiger partial charge on any atom is -0.508 e. The lowest BCUT2D eigenvalue weighted by Crippen LogP contribution is -1.85. The Morgan fingerprint density at radius 1 is 0.727 bits per heavy atom. The van der Waals surface area contributed by atoms with Crippen LogP contribution in [-0.2, 0) is 0 Å². The van der Waals surface area contributed by atoms with E-state index < -0.39 is 0 Å². The highest BCUT2D eigenvalue weighted by molar-refractivity contribution is 5.73. The van der Waals surface area contributed by atoms with Crippen molar-refractivity contribution in [1.29, 1.82) is 0 Å². The van der Waals surface area contributed by atoms with Crippen molar-refractivity contribution in [1.82, 2.24) is 0 Å². The van der Waals surface area contributed by atoms with Gasteiger partial charge in [0, 0.05) is 5.56 Å². The molecule has 0 unspecified atom stereocenters. The van der Waals surface area contributed by atoms with Crippen LogP contribution in [0.2, 0.25) is 0 Å². The molecule has 0 spiro atoms. The molecule has 110 valence electrons. The van der Waals surface area contributed by atoms with E-state index in [1.807, 2.05) is 54.6 Å². The Hall–Kier alpha value is -2.94. The van der Waals surface area contributed by atoms with Gasteiger partial charge in [0.05, 0.1) is 0 Å². The SMILES string of the molecule is Cc1cc(O)c(-c2ccc(Oc3ccccc3)cc2)cc1O. The molecule has 3 heteroatoms. The Balaban J connectivity index is 1.87. The van der Waals surface area contributed by atoms with E-state index in [1.165, 1.54) is 0 Å². The third-order valence-electron chi connectivity index (χ3n) is 3.46. The summed E-state index contributed by atoms with van der Waals surface area (Å²) in [6.45, 7) is 1.75. The van der Waals surface area contributed by atoms with E-state index in [0.29, 0.717) is 16.9 Å². The van der Waals surface area contributed by atoms with E-state index >= 15 is 0 Å². The molecule has 3 aromatic rings. The zero-order valence-corrected chi connectivity index (χ0v) is 12.2. The first-order valence-corrected chi connectivity index (χ1v) is 6.99. The molecule has 3 nitrogen and oxygen atoms in total. The minimum absolute atomic E-state index is 0.145. The van der Waals surface area contributed by atoms with Crippen LogP contribution in [0, 0.1) is 6.92 Å². The normalized spacial score (nSPS) is 10.4. The number of para-hydroxylation sites is 1. The Morgan fingerprint density at radius 3 is 2.05 bits per heavy atom. The van der Waals surface area contributed by atoms with Crippen molar-refractivity contribution in [2.45, 2.75) is 6.92 Å². The lowest BCUT2D eigenvalue weighted by molar-refractivity contribution is 0.458. The van der Waals surface area contributed by atoms with Gasteiger partial charge in [-0.1, -0.05) is 30.3 Å². The third kappa shape index (κ3) is 2.88. The van der Waals surface area contributed by atoms with Crippen LogP contribution in [0.25, 0.3) is 11.1 Å². The van der Waals surface area contributed by atoms with Gasteiger partial charge in [-0.15, -0.1) is 0 Å². The van der Waals surface area contributed by atoms with E-state index in [-0.39, 0.29) is 11.5 Å². The van der Waals surface area contributed by atoms with Crippen molar-refractivity contribution >= 4 is 0 Å². The van der Waals surface area contributed by atoms with Gasteiger partial charge in [-0.25, -0.2) is 0 Å². The average Bonchev–Trinajstić information content (AvgIpc) is 2.53. The summed E-state index contributed by atoms with van der Waals surface area (Å²) in [5, 5.41) is 19.8. The van der Waals surface area contributed by atoms with Gasteiger partial charge in [0.1, 0.15) is 23.0 Å². The molecule has 0 fully saturated rings. The average molecular weight is 292 g/mol. The topological polar surface area (TPSA) is 49.7 Å². The molecule has 0 radical (unpaired) electrons. The molecular weight excluding hydrogens is 276 g/mol. The predicted octanol–water partition coefficient (Wildman–Crippen LogP) is 4.87. The molecule has 0 bridgehead atoms. The maximum Gasteiger partial charge on any atom is 0.127 e. The highest BCUT2D eigenvalue weighted by Gasteiger charge is 2.08. The molecule has 0 aliphatic rings. The molecule has 2 N–H and O–H groups in total. The summed E-state index contributed by atoms with van der Waals surface area (Å²) in [5.74, 6) is 1.79. The second-order valence-corrected chi connectivity index (χ2v) is 5.10. The molecule has 22 heavy (non-hydrogen) atoms. The lowest BCUT2D eigenvalue weighted by Gasteiger charge is -2.09. The van der Waals surface area contributed by atoms with Gasteiger partial charge in [-0.2, -0.15) is 0 Å². The fourth-order valence-electron chi connectivity index (χ4n) is 2.24. The van der Waals surface area contributed by atoms with Crippen LogP contribution in [0.3, 0.4) is 0 Å². The van der Waals surface area contributed by atoms with Crippen molar-refractivity contribution < 1.29 is 14.9 Å². The van der Waals surface area contributed by atoms with Gasteiger partial charge in [0.25, 0.3) is 0 Å². The fraction of sp³-hybridized carbons (Fsp3) is 0.0526. The number of rotatable bonds is 3. The summed E-state index contributed by atoms with van der Waals surface area (Å²) in [6.07, 6.45) is 0. The number of ether oxygens (including phenoxy) is 1. The monoisotopic (exact) mass is 292 g/mol. The number of phenolic OH excluding ortho intramolecular Hbond substituents is 2. The van der Waals surface area contributed by atoms with Crippen LogP contribution in [0.4, 0.5) is 0 Å². The van der Waals surface area contributed by atoms with Crippen molar-refractivity contribution in [2.75, 3.05) is 0 Å². The molecule has 0 saturated carbocycles. The molecule has 0 atom stereocenters. The Morgan fingerprint density at radius 2 is 1.36 bits per heavy atom. The number of aromatic hydroxyl groups is 2. The predicted molar refractivity (Wildman–Crippen MR) is 86.5 cm³/mol. The summed E-state index contributed by atoms with van der Waals surface area (Å²) in [7, 11) is 0. The zero-order valence-electron chi connectivity index (χ0n) is 12.2. The number of benzene rings is 3. The van der Waals surface area contributed by atoms with Crippen LogP contribution in [0.1, 0.15) is 5.56 Å². The molecule has 0 amide bonds. The zero-order chi connectivity index (χ0) is 15.5. The van der Waals surface area contributed by atoms with E-state index in [4.69, 9.17) is 4.74 Å². The second kappa shape index (κ2) is 5.82. The molecule has 0 heterocycles. The largest absolute Gasteiger partial charge is 0.508 e. The molecular formula is C19H16O3. The van der Waals surface area contributed by atoms with Crippen LogP contribution in [0.5, 0.6) is 23.0 Å². The van der Waals surface area contributed by atoms with Crippen LogP contribution in [0.15, 0.2) is 66.7 Å². The minimum atomic E-state index is 0.145. The van der Waals surface area contributed by atoms with Crippen LogP contribution < -0.4 is 4.74 Å². The van der Waals surface area contributed by atoms with Crippen molar-refractivity contribution in [3.05, 3.63) is 72.3 Å². The summed E-state index contributed by atoms with van der Waals surface area (Å²) in [6, 6.07) is 20.0. The van der Waals surface area contributed by atoms with E-state index in [0.717, 1.165) is 11.3 Å². The van der Waals surface area contributed by atoms with Gasteiger partial charge >= 0.3 is 0 Å². The highest BCUT2D eigenvalue weighted by Crippen LogP contribution is 2.35. The fourth-order valence-corrected chi connectivity index (χ4v) is 2.24. The van der Waals surface area contributed by atoms with Crippen molar-refractivity contribution in [3.63, 3.8) is 0 Å². The van der Waals surface area contributed by atoms with Crippen LogP contribution >= 0.6 is 0 Å². The highest BCUT2D eigenvalue weighted by atomic mass is 16.5. The van der Waals surface area contributed by atoms with E-state index in [1.54, 1.807) is 19.1 Å². The number of hydrogen-bond donors (Lipinski definition) is 2. The lowest BCUT2D eigenvalue weighted by atomic mass is 10.0. The molecule has 0 aliphatic carbocycles. The number of hydrogen-bond acceptors (Lipinski definition) is 3. The summed E-state index contributed by atoms with van der Waals surface area (Å²) in [5.41, 5.74) is 2.05. The quantitative estimate of drug-likeness (QED) is 0.677. The first-order chi connectivity index (χ1) is 10.6. The molecule has 0 saturated heterocycles. The van der Waals surface area contributed by atoms with Crippen molar-refractivity contribution in [2.24, 2.45) is 0 Å². The van der Waals surface area contributed by atoms with E-state index in [2.05, 4.69) is 0 Å². The Bertz CT molecular complexity index is 778. The standard InChI is InChI=1S/C19H16O3/c1-13-11-19(21)17(12-18(13)20)14-7-9-16(10-8-14)22-15-5-3-2-4-6-15/h2-12,20-21H,1H3. The molecule has 3 rings (SSSR count). The Kier molecular flexibility index (Phi) is 3.71. The van der Waals surface area contributed by atoms with Gasteiger partial charge in [0.15, 0.2) is 0 Å². The number of phenols is 2. The maximum atomic E-state index is 10.0. The molecule has 3 aromatic carbocycles. The second-order valence-electron chi connectivity index (χ2n) is 5.10. The summed E-state index contributed by atoms with van der Waals surface area (Å²) < 4.78 is 5.73. The van der Waals surface area contributed by atoms with Crippen LogP contribution in [-0.4, -0.2) is 10.2 Å². The molecule has 0 aliphatic heterocycles. The first-order valence-electron chi connectivity index (χ1n) is 6.99. The van der Waals surface area contributed by atoms with Gasteiger partial charge in [-0.05, 0) is 54.4 Å². The Labute approximate surface area is 129 Å². The first kappa shape index (κ1) is 14.0. The van der Waals surface area contributed by atoms with Gasteiger partial charge in [-0.3, -0.25) is 0 Å². The smallest absolute Gasteiger partial charge is 0.127 e. The van der Waals surface area contributed by atoms with Gasteiger partial charge in [0.2, 0.25) is 0 Å². The van der Waals surface area contributed by atoms with E-state index in [9.17, 15) is 10.2 Å². The summed E-state index contributed by atoms with van der Waals surface area (Å²) >= 11 is 0. The molecule has 0 aromatic heterocycles. The van der Waals surface area contributed by atoms with Gasteiger partial charge < -0.3 is 14.9 Å². The van der Waals surface area contributed by atoms with Crippen molar-refractivity contribution in [3.8, 4) is 34.1 Å². The third-order valence-corrected chi connectivity index (χ3v) is 3.46. The summed E-state index contributed by atoms with van der Waals surface area (Å²) in [4.78, 5) is 0.